The van der Waals surface area contributed by atoms with Crippen LogP contribution in [0.1, 0.15) is 30.3 Å². The molecule has 1 fully saturated rings. The van der Waals surface area contributed by atoms with Crippen LogP contribution in [-0.2, 0) is 0 Å². The Morgan fingerprint density at radius 2 is 2.33 bits per heavy atom. The molecule has 1 unspecified atom stereocenters. The van der Waals surface area contributed by atoms with Crippen molar-refractivity contribution in [3.05, 3.63) is 36.3 Å². The Kier molecular flexibility index (Phi) is 3.06. The van der Waals surface area contributed by atoms with E-state index in [9.17, 15) is 0 Å². The summed E-state index contributed by atoms with van der Waals surface area (Å²) in [5.74, 6) is 2.27. The van der Waals surface area contributed by atoms with Crippen LogP contribution in [0.4, 0.5) is 0 Å². The van der Waals surface area contributed by atoms with E-state index in [1.54, 1.807) is 12.4 Å². The van der Waals surface area contributed by atoms with Gasteiger partial charge in [0.1, 0.15) is 5.82 Å². The van der Waals surface area contributed by atoms with E-state index in [0.29, 0.717) is 5.92 Å². The van der Waals surface area contributed by atoms with Crippen LogP contribution in [0.15, 0.2) is 24.8 Å². The molecule has 1 atom stereocenters. The molecule has 2 aromatic heterocycles. The molecular weight excluding hydrogens is 226 g/mol. The van der Waals surface area contributed by atoms with E-state index in [0.717, 1.165) is 30.4 Å². The highest BCUT2D eigenvalue weighted by atomic mass is 15.1. The van der Waals surface area contributed by atoms with Crippen LogP contribution in [0.25, 0.3) is 5.82 Å². The van der Waals surface area contributed by atoms with Crippen molar-refractivity contribution >= 4 is 0 Å². The van der Waals surface area contributed by atoms with Crippen LogP contribution in [0.2, 0.25) is 0 Å². The van der Waals surface area contributed by atoms with Crippen LogP contribution < -0.4 is 5.32 Å². The average molecular weight is 243 g/mol. The van der Waals surface area contributed by atoms with Crippen molar-refractivity contribution in [2.75, 3.05) is 13.1 Å². The Hall–Kier alpha value is -1.75. The monoisotopic (exact) mass is 243 g/mol. The maximum Gasteiger partial charge on any atom is 0.156 e. The van der Waals surface area contributed by atoms with Crippen molar-refractivity contribution in [2.45, 2.75) is 25.7 Å². The van der Waals surface area contributed by atoms with E-state index in [1.165, 1.54) is 12.8 Å². The van der Waals surface area contributed by atoms with Gasteiger partial charge in [-0.05, 0) is 26.3 Å². The minimum atomic E-state index is 0.482. The van der Waals surface area contributed by atoms with Crippen molar-refractivity contribution in [3.63, 3.8) is 0 Å². The van der Waals surface area contributed by atoms with E-state index in [1.807, 2.05) is 23.9 Å². The molecule has 0 aliphatic carbocycles. The maximum atomic E-state index is 4.72. The zero-order valence-electron chi connectivity index (χ0n) is 10.5. The molecule has 0 bridgehead atoms. The number of aryl methyl sites for hydroxylation is 1. The fourth-order valence-corrected chi connectivity index (χ4v) is 2.41. The molecule has 1 saturated heterocycles. The third kappa shape index (κ3) is 2.13. The van der Waals surface area contributed by atoms with Crippen molar-refractivity contribution in [2.24, 2.45) is 0 Å². The Morgan fingerprint density at radius 1 is 1.39 bits per heavy atom. The minimum Gasteiger partial charge on any atom is -0.316 e. The molecule has 3 heterocycles. The van der Waals surface area contributed by atoms with Gasteiger partial charge in [-0.3, -0.25) is 9.55 Å². The lowest BCUT2D eigenvalue weighted by molar-refractivity contribution is 0.453. The summed E-state index contributed by atoms with van der Waals surface area (Å²) < 4.78 is 1.97. The Balaban J connectivity index is 1.91. The summed E-state index contributed by atoms with van der Waals surface area (Å²) in [5, 5.41) is 3.41. The van der Waals surface area contributed by atoms with Gasteiger partial charge in [0.25, 0.3) is 0 Å². The number of rotatable bonds is 2. The lowest BCUT2D eigenvalue weighted by Gasteiger charge is -2.22. The van der Waals surface area contributed by atoms with Gasteiger partial charge in [0.15, 0.2) is 5.82 Å². The highest BCUT2D eigenvalue weighted by Crippen LogP contribution is 2.21. The zero-order valence-corrected chi connectivity index (χ0v) is 10.5. The molecule has 0 radical (unpaired) electrons. The summed E-state index contributed by atoms with van der Waals surface area (Å²) in [7, 11) is 0. The first kappa shape index (κ1) is 11.3. The summed E-state index contributed by atoms with van der Waals surface area (Å²) in [6.45, 7) is 4.09. The van der Waals surface area contributed by atoms with Gasteiger partial charge in [-0.2, -0.15) is 0 Å². The Morgan fingerprint density at radius 3 is 3.06 bits per heavy atom. The number of piperidine rings is 1. The van der Waals surface area contributed by atoms with Crippen molar-refractivity contribution in [3.8, 4) is 5.82 Å². The van der Waals surface area contributed by atoms with Gasteiger partial charge in [-0.1, -0.05) is 0 Å². The van der Waals surface area contributed by atoms with E-state index in [2.05, 4.69) is 15.3 Å². The largest absolute Gasteiger partial charge is 0.316 e. The first-order valence-electron chi connectivity index (χ1n) is 6.37. The van der Waals surface area contributed by atoms with E-state index < -0.39 is 0 Å². The number of imidazole rings is 1. The summed E-state index contributed by atoms with van der Waals surface area (Å²) in [6, 6.07) is 0. The second-order valence-corrected chi connectivity index (χ2v) is 4.69. The summed E-state index contributed by atoms with van der Waals surface area (Å²) in [5.41, 5.74) is 1.08. The molecular formula is C13H17N5. The number of hydrogen-bond acceptors (Lipinski definition) is 4. The van der Waals surface area contributed by atoms with Crippen LogP contribution >= 0.6 is 0 Å². The molecule has 18 heavy (non-hydrogen) atoms. The lowest BCUT2D eigenvalue weighted by Crippen LogP contribution is -2.29. The highest BCUT2D eigenvalue weighted by Gasteiger charge is 2.17. The molecule has 0 saturated carbocycles. The molecule has 0 amide bonds. The molecule has 5 nitrogen and oxygen atoms in total. The molecule has 0 aromatic carbocycles. The third-order valence-electron chi connectivity index (χ3n) is 3.43. The quantitative estimate of drug-likeness (QED) is 0.867. The van der Waals surface area contributed by atoms with Crippen LogP contribution in [0.3, 0.4) is 0 Å². The number of nitrogens with zero attached hydrogens (tertiary/aromatic N) is 4. The van der Waals surface area contributed by atoms with Crippen molar-refractivity contribution < 1.29 is 0 Å². The van der Waals surface area contributed by atoms with Gasteiger partial charge in [0.2, 0.25) is 0 Å². The van der Waals surface area contributed by atoms with E-state index in [-0.39, 0.29) is 0 Å². The van der Waals surface area contributed by atoms with Crippen LogP contribution in [-0.4, -0.2) is 32.6 Å². The van der Waals surface area contributed by atoms with Gasteiger partial charge in [-0.25, -0.2) is 9.97 Å². The molecule has 1 aliphatic heterocycles. The minimum absolute atomic E-state index is 0.482. The summed E-state index contributed by atoms with van der Waals surface area (Å²) >= 11 is 0. The molecule has 2 aromatic rings. The van der Waals surface area contributed by atoms with Crippen molar-refractivity contribution in [1.29, 1.82) is 0 Å². The van der Waals surface area contributed by atoms with Gasteiger partial charge in [0.05, 0.1) is 11.9 Å². The zero-order chi connectivity index (χ0) is 12.4. The SMILES string of the molecule is Cc1nccn1-c1cncc(C2CCCNC2)n1. The second kappa shape index (κ2) is 4.86. The van der Waals surface area contributed by atoms with E-state index >= 15 is 0 Å². The summed E-state index contributed by atoms with van der Waals surface area (Å²) in [4.78, 5) is 13.3. The smallest absolute Gasteiger partial charge is 0.156 e. The molecule has 0 spiro atoms. The first-order chi connectivity index (χ1) is 8.84. The van der Waals surface area contributed by atoms with Gasteiger partial charge < -0.3 is 5.32 Å². The van der Waals surface area contributed by atoms with Crippen molar-refractivity contribution in [1.82, 2.24) is 24.8 Å². The Bertz CT molecular complexity index is 528. The second-order valence-electron chi connectivity index (χ2n) is 4.69. The topological polar surface area (TPSA) is 55.6 Å². The van der Waals surface area contributed by atoms with Crippen LogP contribution in [0, 0.1) is 6.92 Å². The van der Waals surface area contributed by atoms with Gasteiger partial charge >= 0.3 is 0 Å². The molecule has 1 aliphatic rings. The fourth-order valence-electron chi connectivity index (χ4n) is 2.41. The average Bonchev–Trinajstić information content (AvgIpc) is 2.86. The standard InChI is InChI=1S/C13H17N5/c1-10-16-5-6-18(10)13-9-15-8-12(17-13)11-3-2-4-14-7-11/h5-6,8-9,11,14H,2-4,7H2,1H3. The number of nitrogens with one attached hydrogen (secondary N) is 1. The van der Waals surface area contributed by atoms with Gasteiger partial charge in [-0.15, -0.1) is 0 Å². The molecule has 5 heteroatoms. The lowest BCUT2D eigenvalue weighted by atomic mass is 9.96. The molecule has 1 N–H and O–H groups in total. The summed E-state index contributed by atoms with van der Waals surface area (Å²) in [6.07, 6.45) is 9.77. The molecule has 3 rings (SSSR count). The third-order valence-corrected chi connectivity index (χ3v) is 3.43. The van der Waals surface area contributed by atoms with Gasteiger partial charge in [0, 0.05) is 31.1 Å². The number of hydrogen-bond donors (Lipinski definition) is 1. The van der Waals surface area contributed by atoms with Crippen LogP contribution in [0.5, 0.6) is 0 Å². The predicted octanol–water partition coefficient (Wildman–Crippen LogP) is 1.44. The number of aromatic nitrogens is 4. The fraction of sp³-hybridized carbons (Fsp3) is 0.462. The first-order valence-corrected chi connectivity index (χ1v) is 6.37. The normalized spacial score (nSPS) is 19.9. The molecule has 94 valence electrons. The Labute approximate surface area is 106 Å². The highest BCUT2D eigenvalue weighted by molar-refractivity contribution is 5.23. The van der Waals surface area contributed by atoms with E-state index in [4.69, 9.17) is 4.98 Å². The predicted molar refractivity (Wildman–Crippen MR) is 68.7 cm³/mol. The maximum absolute atomic E-state index is 4.72.